The van der Waals surface area contributed by atoms with E-state index in [2.05, 4.69) is 0 Å². The number of piperidine rings is 1. The Balaban J connectivity index is 2.50. The lowest BCUT2D eigenvalue weighted by atomic mass is 9.98. The third-order valence-corrected chi connectivity index (χ3v) is 2.84. The van der Waals surface area contributed by atoms with Crippen molar-refractivity contribution in [1.82, 2.24) is 4.90 Å². The van der Waals surface area contributed by atoms with E-state index in [1.54, 1.807) is 11.0 Å². The third kappa shape index (κ3) is 6.41. The van der Waals surface area contributed by atoms with E-state index < -0.39 is 11.6 Å². The minimum Gasteiger partial charge on any atom is -0.478 e. The Labute approximate surface area is 119 Å². The molecule has 1 saturated heterocycles. The lowest BCUT2D eigenvalue weighted by Crippen LogP contribution is -2.42. The number of amides is 1. The molecule has 5 heteroatoms. The Morgan fingerprint density at radius 2 is 2.00 bits per heavy atom. The first-order chi connectivity index (χ1) is 9.28. The molecule has 0 radical (unpaired) electrons. The first kappa shape index (κ1) is 16.3. The topological polar surface area (TPSA) is 66.8 Å². The summed E-state index contributed by atoms with van der Waals surface area (Å²) in [4.78, 5) is 24.0. The number of ether oxygens (including phenoxy) is 1. The van der Waals surface area contributed by atoms with Gasteiger partial charge in [-0.2, -0.15) is 0 Å². The summed E-state index contributed by atoms with van der Waals surface area (Å²) < 4.78 is 5.35. The van der Waals surface area contributed by atoms with Gasteiger partial charge >= 0.3 is 12.1 Å². The van der Waals surface area contributed by atoms with Crippen molar-refractivity contribution in [2.75, 3.05) is 13.1 Å². The maximum absolute atomic E-state index is 12.0. The van der Waals surface area contributed by atoms with Gasteiger partial charge in [0.05, 0.1) is 0 Å². The van der Waals surface area contributed by atoms with Crippen LogP contribution in [-0.2, 0) is 9.53 Å². The minimum absolute atomic E-state index is 0.245. The van der Waals surface area contributed by atoms with Gasteiger partial charge in [-0.1, -0.05) is 18.2 Å². The largest absolute Gasteiger partial charge is 0.478 e. The summed E-state index contributed by atoms with van der Waals surface area (Å²) in [6.07, 6.45) is 7.89. The molecule has 1 N–H and O–H groups in total. The molecular formula is C15H23NO4. The van der Waals surface area contributed by atoms with Crippen LogP contribution in [0.2, 0.25) is 0 Å². The molecule has 1 aliphatic rings. The zero-order valence-electron chi connectivity index (χ0n) is 12.3. The molecule has 0 saturated carbocycles. The fraction of sp³-hybridized carbons (Fsp3) is 0.600. The summed E-state index contributed by atoms with van der Waals surface area (Å²) in [5.74, 6) is -0.719. The molecule has 0 aromatic heterocycles. The first-order valence-corrected chi connectivity index (χ1v) is 6.83. The molecule has 1 heterocycles. The van der Waals surface area contributed by atoms with Crippen LogP contribution in [-0.4, -0.2) is 40.8 Å². The highest BCUT2D eigenvalue weighted by atomic mass is 16.6. The first-order valence-electron chi connectivity index (χ1n) is 6.83. The number of carboxylic acids is 1. The monoisotopic (exact) mass is 281 g/mol. The van der Waals surface area contributed by atoms with Crippen LogP contribution in [0.3, 0.4) is 0 Å². The average Bonchev–Trinajstić information content (AvgIpc) is 2.33. The summed E-state index contributed by atoms with van der Waals surface area (Å²) in [7, 11) is 0. The average molecular weight is 281 g/mol. The van der Waals surface area contributed by atoms with Crippen molar-refractivity contribution in [3.05, 3.63) is 24.3 Å². The van der Waals surface area contributed by atoms with Crippen molar-refractivity contribution < 1.29 is 19.4 Å². The summed E-state index contributed by atoms with van der Waals surface area (Å²) in [6.45, 7) is 6.88. The molecule has 5 nitrogen and oxygen atoms in total. The molecule has 0 aliphatic carbocycles. The van der Waals surface area contributed by atoms with Crippen LogP contribution in [0, 0.1) is 5.92 Å². The van der Waals surface area contributed by atoms with Crippen molar-refractivity contribution in [3.63, 3.8) is 0 Å². The van der Waals surface area contributed by atoms with Crippen LogP contribution >= 0.6 is 0 Å². The normalized spacial score (nSPS) is 20.6. The van der Waals surface area contributed by atoms with E-state index in [1.165, 1.54) is 6.08 Å². The van der Waals surface area contributed by atoms with Gasteiger partial charge < -0.3 is 14.7 Å². The Kier molecular flexibility index (Phi) is 5.80. The van der Waals surface area contributed by atoms with Gasteiger partial charge in [-0.05, 0) is 39.5 Å². The SMILES string of the molecule is CC(C)(C)OC(=O)N1CCCC(/C=C/C=C\C(=O)O)C1. The number of aliphatic carboxylic acids is 1. The van der Waals surface area contributed by atoms with Crippen molar-refractivity contribution in [2.24, 2.45) is 5.92 Å². The maximum atomic E-state index is 12.0. The molecule has 1 atom stereocenters. The van der Waals surface area contributed by atoms with Gasteiger partial charge in [-0.3, -0.25) is 0 Å². The van der Waals surface area contributed by atoms with Crippen LogP contribution in [0.4, 0.5) is 4.79 Å². The molecule has 1 aliphatic heterocycles. The molecular weight excluding hydrogens is 258 g/mol. The Bertz CT molecular complexity index is 407. The van der Waals surface area contributed by atoms with Crippen molar-refractivity contribution in [1.29, 1.82) is 0 Å². The minimum atomic E-state index is -0.964. The zero-order chi connectivity index (χ0) is 15.2. The number of carbonyl (C=O) groups is 2. The summed E-state index contributed by atoms with van der Waals surface area (Å²) in [6, 6.07) is 0. The molecule has 1 rings (SSSR count). The summed E-state index contributed by atoms with van der Waals surface area (Å²) in [5, 5.41) is 8.48. The molecule has 0 spiro atoms. The lowest BCUT2D eigenvalue weighted by molar-refractivity contribution is -0.131. The molecule has 112 valence electrons. The second-order valence-corrected chi connectivity index (χ2v) is 5.91. The smallest absolute Gasteiger partial charge is 0.410 e. The number of nitrogens with zero attached hydrogens (tertiary/aromatic N) is 1. The Morgan fingerprint density at radius 3 is 2.60 bits per heavy atom. The zero-order valence-corrected chi connectivity index (χ0v) is 12.3. The molecule has 1 fully saturated rings. The maximum Gasteiger partial charge on any atom is 0.410 e. The van der Waals surface area contributed by atoms with Crippen LogP contribution in [0.5, 0.6) is 0 Å². The molecule has 0 aromatic rings. The van der Waals surface area contributed by atoms with Crippen molar-refractivity contribution in [2.45, 2.75) is 39.2 Å². The van der Waals surface area contributed by atoms with E-state index in [9.17, 15) is 9.59 Å². The lowest BCUT2D eigenvalue weighted by Gasteiger charge is -2.33. The molecule has 20 heavy (non-hydrogen) atoms. The molecule has 1 unspecified atom stereocenters. The predicted molar refractivity (Wildman–Crippen MR) is 76.4 cm³/mol. The van der Waals surface area contributed by atoms with Crippen LogP contribution < -0.4 is 0 Å². The number of carboxylic acid groups (broad SMARTS) is 1. The summed E-state index contributed by atoms with van der Waals surface area (Å²) >= 11 is 0. The third-order valence-electron chi connectivity index (χ3n) is 2.84. The quantitative estimate of drug-likeness (QED) is 0.638. The number of hydrogen-bond donors (Lipinski definition) is 1. The van der Waals surface area contributed by atoms with Crippen LogP contribution in [0.25, 0.3) is 0 Å². The van der Waals surface area contributed by atoms with E-state index in [1.807, 2.05) is 26.8 Å². The standard InChI is InChI=1S/C15H23NO4/c1-15(2,3)20-14(19)16-10-6-8-12(11-16)7-4-5-9-13(17)18/h4-5,7,9,12H,6,8,10-11H2,1-3H3,(H,17,18)/b7-4+,9-5-. The van der Waals surface area contributed by atoms with E-state index in [0.29, 0.717) is 13.1 Å². The molecule has 0 bridgehead atoms. The number of rotatable bonds is 3. The van der Waals surface area contributed by atoms with Crippen molar-refractivity contribution in [3.8, 4) is 0 Å². The van der Waals surface area contributed by atoms with E-state index >= 15 is 0 Å². The number of likely N-dealkylation sites (tertiary alicyclic amines) is 1. The van der Waals surface area contributed by atoms with Gasteiger partial charge in [0.2, 0.25) is 0 Å². The fourth-order valence-corrected chi connectivity index (χ4v) is 2.02. The second-order valence-electron chi connectivity index (χ2n) is 5.91. The number of allylic oxidation sites excluding steroid dienone is 2. The van der Waals surface area contributed by atoms with Gasteiger partial charge in [0.15, 0.2) is 0 Å². The Hall–Kier alpha value is -1.78. The highest BCUT2D eigenvalue weighted by Gasteiger charge is 2.26. The molecule has 1 amide bonds. The second kappa shape index (κ2) is 7.12. The summed E-state index contributed by atoms with van der Waals surface area (Å²) in [5.41, 5.74) is -0.482. The van der Waals surface area contributed by atoms with E-state index in [-0.39, 0.29) is 12.0 Å². The van der Waals surface area contributed by atoms with Crippen LogP contribution in [0.15, 0.2) is 24.3 Å². The van der Waals surface area contributed by atoms with Gasteiger partial charge in [-0.25, -0.2) is 9.59 Å². The van der Waals surface area contributed by atoms with Gasteiger partial charge in [-0.15, -0.1) is 0 Å². The number of carbonyl (C=O) groups excluding carboxylic acids is 1. The number of hydrogen-bond acceptors (Lipinski definition) is 3. The fourth-order valence-electron chi connectivity index (χ4n) is 2.02. The highest BCUT2D eigenvalue weighted by molar-refractivity contribution is 5.80. The van der Waals surface area contributed by atoms with Crippen molar-refractivity contribution >= 4 is 12.1 Å². The van der Waals surface area contributed by atoms with E-state index in [4.69, 9.17) is 9.84 Å². The highest BCUT2D eigenvalue weighted by Crippen LogP contribution is 2.20. The van der Waals surface area contributed by atoms with Crippen LogP contribution in [0.1, 0.15) is 33.6 Å². The Morgan fingerprint density at radius 1 is 1.30 bits per heavy atom. The predicted octanol–water partition coefficient (Wildman–Crippen LogP) is 2.83. The van der Waals surface area contributed by atoms with Gasteiger partial charge in [0.25, 0.3) is 0 Å². The molecule has 0 aromatic carbocycles. The van der Waals surface area contributed by atoms with Gasteiger partial charge in [0, 0.05) is 19.2 Å². The van der Waals surface area contributed by atoms with Gasteiger partial charge in [0.1, 0.15) is 5.60 Å². The van der Waals surface area contributed by atoms with E-state index in [0.717, 1.165) is 18.9 Å².